The van der Waals surface area contributed by atoms with E-state index in [-0.39, 0.29) is 11.9 Å². The number of hydrogen-bond acceptors (Lipinski definition) is 3. The number of thiophene rings is 1. The molecule has 0 fully saturated rings. The van der Waals surface area contributed by atoms with E-state index in [9.17, 15) is 4.39 Å². The molecular weight excluding hydrogens is 247 g/mol. The van der Waals surface area contributed by atoms with Crippen LogP contribution in [-0.2, 0) is 0 Å². The highest BCUT2D eigenvalue weighted by Gasteiger charge is 2.17. The molecule has 0 aliphatic rings. The van der Waals surface area contributed by atoms with Gasteiger partial charge in [-0.25, -0.2) is 4.39 Å². The van der Waals surface area contributed by atoms with Crippen molar-refractivity contribution in [2.24, 2.45) is 0 Å². The Balaban J connectivity index is 2.33. The van der Waals surface area contributed by atoms with Crippen LogP contribution in [0.15, 0.2) is 29.8 Å². The zero-order valence-electron chi connectivity index (χ0n) is 10.8. The number of nitrogens with zero attached hydrogens (tertiary/aromatic N) is 1. The summed E-state index contributed by atoms with van der Waals surface area (Å²) in [5, 5.41) is 5.59. The predicted molar refractivity (Wildman–Crippen MR) is 73.4 cm³/mol. The highest BCUT2D eigenvalue weighted by molar-refractivity contribution is 7.10. The van der Waals surface area contributed by atoms with E-state index in [2.05, 4.69) is 42.5 Å². The van der Waals surface area contributed by atoms with E-state index in [1.54, 1.807) is 17.4 Å². The van der Waals surface area contributed by atoms with Gasteiger partial charge in [0.25, 0.3) is 0 Å². The lowest BCUT2D eigenvalue weighted by molar-refractivity contribution is 0.518. The standard InChI is InChI=1S/C14H17FN2S/c1-9(2)17-14(11-6-10(3)18-8-11)13-5-4-12(15)7-16-13/h4-9,14,17H,1-3H3. The normalized spacial score (nSPS) is 12.9. The molecule has 2 aromatic heterocycles. The molecule has 0 amide bonds. The molecule has 1 atom stereocenters. The van der Waals surface area contributed by atoms with Crippen LogP contribution in [0.2, 0.25) is 0 Å². The summed E-state index contributed by atoms with van der Waals surface area (Å²) >= 11 is 1.72. The molecule has 2 aromatic rings. The summed E-state index contributed by atoms with van der Waals surface area (Å²) in [5.41, 5.74) is 2.04. The third-order valence-corrected chi connectivity index (χ3v) is 3.51. The Labute approximate surface area is 111 Å². The van der Waals surface area contributed by atoms with Gasteiger partial charge in [-0.05, 0) is 49.9 Å². The number of hydrogen-bond donors (Lipinski definition) is 1. The van der Waals surface area contributed by atoms with E-state index in [4.69, 9.17) is 0 Å². The van der Waals surface area contributed by atoms with Crippen molar-refractivity contribution in [3.8, 4) is 0 Å². The quantitative estimate of drug-likeness (QED) is 0.911. The molecule has 96 valence electrons. The van der Waals surface area contributed by atoms with Gasteiger partial charge in [0.05, 0.1) is 17.9 Å². The van der Waals surface area contributed by atoms with Crippen LogP contribution < -0.4 is 5.32 Å². The molecule has 1 unspecified atom stereocenters. The van der Waals surface area contributed by atoms with Gasteiger partial charge in [0, 0.05) is 10.9 Å². The van der Waals surface area contributed by atoms with Gasteiger partial charge in [-0.15, -0.1) is 11.3 Å². The predicted octanol–water partition coefficient (Wildman–Crippen LogP) is 3.68. The summed E-state index contributed by atoms with van der Waals surface area (Å²) in [6, 6.07) is 5.70. The van der Waals surface area contributed by atoms with Crippen molar-refractivity contribution < 1.29 is 4.39 Å². The number of rotatable bonds is 4. The minimum atomic E-state index is -0.302. The van der Waals surface area contributed by atoms with Crippen LogP contribution in [0.1, 0.15) is 36.0 Å². The molecule has 18 heavy (non-hydrogen) atoms. The molecule has 0 aromatic carbocycles. The van der Waals surface area contributed by atoms with Crippen molar-refractivity contribution in [2.75, 3.05) is 0 Å². The lowest BCUT2D eigenvalue weighted by Gasteiger charge is -2.20. The Bertz CT molecular complexity index is 505. The Kier molecular flexibility index (Phi) is 4.09. The van der Waals surface area contributed by atoms with E-state index in [0.717, 1.165) is 5.69 Å². The number of pyridine rings is 1. The molecular formula is C14H17FN2S. The van der Waals surface area contributed by atoms with Gasteiger partial charge in [0.15, 0.2) is 0 Å². The zero-order chi connectivity index (χ0) is 13.1. The molecule has 0 saturated heterocycles. The van der Waals surface area contributed by atoms with Crippen molar-refractivity contribution in [1.82, 2.24) is 10.3 Å². The van der Waals surface area contributed by atoms with E-state index >= 15 is 0 Å². The second-order valence-electron chi connectivity index (χ2n) is 4.65. The first-order valence-corrected chi connectivity index (χ1v) is 6.87. The molecule has 0 radical (unpaired) electrons. The average Bonchev–Trinajstić information content (AvgIpc) is 2.74. The minimum absolute atomic E-state index is 0.0237. The van der Waals surface area contributed by atoms with Crippen molar-refractivity contribution >= 4 is 11.3 Å². The first-order chi connectivity index (χ1) is 8.56. The molecule has 0 saturated carbocycles. The fourth-order valence-corrected chi connectivity index (χ4v) is 2.59. The summed E-state index contributed by atoms with van der Waals surface area (Å²) in [6.45, 7) is 6.27. The molecule has 0 aliphatic carbocycles. The van der Waals surface area contributed by atoms with Crippen LogP contribution in [0.4, 0.5) is 4.39 Å². The molecule has 2 heterocycles. The van der Waals surface area contributed by atoms with Crippen molar-refractivity contribution in [1.29, 1.82) is 0 Å². The molecule has 2 nitrogen and oxygen atoms in total. The monoisotopic (exact) mass is 264 g/mol. The van der Waals surface area contributed by atoms with Gasteiger partial charge in [-0.3, -0.25) is 4.98 Å². The smallest absolute Gasteiger partial charge is 0.141 e. The number of nitrogens with one attached hydrogen (secondary N) is 1. The topological polar surface area (TPSA) is 24.9 Å². The van der Waals surface area contributed by atoms with Gasteiger partial charge < -0.3 is 5.32 Å². The third-order valence-electron chi connectivity index (χ3n) is 2.63. The summed E-state index contributed by atoms with van der Waals surface area (Å²) in [5.74, 6) is -0.302. The lowest BCUT2D eigenvalue weighted by Crippen LogP contribution is -2.29. The maximum Gasteiger partial charge on any atom is 0.141 e. The molecule has 4 heteroatoms. The van der Waals surface area contributed by atoms with Crippen molar-refractivity contribution in [3.05, 3.63) is 51.7 Å². The zero-order valence-corrected chi connectivity index (χ0v) is 11.6. The Morgan fingerprint density at radius 3 is 2.61 bits per heavy atom. The Morgan fingerprint density at radius 2 is 2.11 bits per heavy atom. The van der Waals surface area contributed by atoms with Crippen LogP contribution in [0.25, 0.3) is 0 Å². The van der Waals surface area contributed by atoms with E-state index in [0.29, 0.717) is 6.04 Å². The van der Waals surface area contributed by atoms with Crippen LogP contribution >= 0.6 is 11.3 Å². The fraction of sp³-hybridized carbons (Fsp3) is 0.357. The lowest BCUT2D eigenvalue weighted by atomic mass is 10.1. The van der Waals surface area contributed by atoms with Crippen LogP contribution in [0.3, 0.4) is 0 Å². The highest BCUT2D eigenvalue weighted by Crippen LogP contribution is 2.25. The average molecular weight is 264 g/mol. The highest BCUT2D eigenvalue weighted by atomic mass is 32.1. The maximum atomic E-state index is 12.9. The fourth-order valence-electron chi connectivity index (χ4n) is 1.86. The van der Waals surface area contributed by atoms with E-state index in [1.165, 1.54) is 22.7 Å². The van der Waals surface area contributed by atoms with Crippen molar-refractivity contribution in [3.63, 3.8) is 0 Å². The van der Waals surface area contributed by atoms with E-state index < -0.39 is 0 Å². The summed E-state index contributed by atoms with van der Waals surface area (Å²) < 4.78 is 12.9. The number of halogens is 1. The second-order valence-corrected chi connectivity index (χ2v) is 5.76. The van der Waals surface area contributed by atoms with Crippen molar-refractivity contribution in [2.45, 2.75) is 32.9 Å². The molecule has 0 spiro atoms. The van der Waals surface area contributed by atoms with Gasteiger partial charge in [-0.1, -0.05) is 0 Å². The van der Waals surface area contributed by atoms with Crippen LogP contribution in [0.5, 0.6) is 0 Å². The first kappa shape index (κ1) is 13.2. The molecule has 1 N–H and O–H groups in total. The molecule has 2 rings (SSSR count). The van der Waals surface area contributed by atoms with Crippen LogP contribution in [-0.4, -0.2) is 11.0 Å². The number of aromatic nitrogens is 1. The first-order valence-electron chi connectivity index (χ1n) is 5.99. The maximum absolute atomic E-state index is 12.9. The van der Waals surface area contributed by atoms with Gasteiger partial charge in [-0.2, -0.15) is 0 Å². The minimum Gasteiger partial charge on any atom is -0.303 e. The molecule has 0 bridgehead atoms. The third kappa shape index (κ3) is 3.15. The van der Waals surface area contributed by atoms with E-state index in [1.807, 2.05) is 0 Å². The SMILES string of the molecule is Cc1cc(C(NC(C)C)c2ccc(F)cn2)cs1. The Hall–Kier alpha value is -1.26. The second kappa shape index (κ2) is 5.59. The summed E-state index contributed by atoms with van der Waals surface area (Å²) in [6.07, 6.45) is 1.27. The molecule has 0 aliphatic heterocycles. The van der Waals surface area contributed by atoms with Gasteiger partial charge in [0.2, 0.25) is 0 Å². The summed E-state index contributed by atoms with van der Waals surface area (Å²) in [4.78, 5) is 5.45. The Morgan fingerprint density at radius 1 is 1.33 bits per heavy atom. The van der Waals surface area contributed by atoms with Crippen LogP contribution in [0, 0.1) is 12.7 Å². The van der Waals surface area contributed by atoms with Gasteiger partial charge >= 0.3 is 0 Å². The summed E-state index contributed by atoms with van der Waals surface area (Å²) in [7, 11) is 0. The van der Waals surface area contributed by atoms with Gasteiger partial charge in [0.1, 0.15) is 5.82 Å². The number of aryl methyl sites for hydroxylation is 1. The largest absolute Gasteiger partial charge is 0.303 e.